The molecule has 3 aromatic rings. The maximum absolute atomic E-state index is 14.3. The van der Waals surface area contributed by atoms with Crippen LogP contribution in [0.1, 0.15) is 70.2 Å². The number of hydrogen-bond acceptors (Lipinski definition) is 17. The zero-order chi connectivity index (χ0) is 58.4. The monoisotopic (exact) mass is 1100 g/mol. The number of aliphatic hydroxyl groups is 2. The van der Waals surface area contributed by atoms with Gasteiger partial charge in [0.25, 0.3) is 0 Å². The molecule has 1 heterocycles. The van der Waals surface area contributed by atoms with Crippen LogP contribution in [0.2, 0.25) is 0 Å². The second-order valence-electron chi connectivity index (χ2n) is 18.8. The number of nitrogens with two attached hydrogens (primary N) is 3. The van der Waals surface area contributed by atoms with Crippen LogP contribution in [0.5, 0.6) is 11.5 Å². The Kier molecular flexibility index (Phi) is 25.1. The van der Waals surface area contributed by atoms with E-state index in [-0.39, 0.29) is 55.9 Å². The molecular formula is C49H69N13O16. The number of hydrogen-bond donors (Lipinski definition) is 17. The fourth-order valence-electron chi connectivity index (χ4n) is 7.40. The number of nitrogens with zero attached hydrogens (tertiary/aromatic N) is 1. The Bertz CT molecular complexity index is 2560. The number of carboxylic acid groups (broad SMARTS) is 1. The lowest BCUT2D eigenvalue weighted by Crippen LogP contribution is -2.61. The molecule has 10 amide bonds. The van der Waals surface area contributed by atoms with Crippen molar-refractivity contribution in [2.75, 3.05) is 6.61 Å². The highest BCUT2D eigenvalue weighted by Crippen LogP contribution is 2.15. The van der Waals surface area contributed by atoms with E-state index in [1.807, 2.05) is 5.32 Å². The molecule has 29 nitrogen and oxygen atoms in total. The van der Waals surface area contributed by atoms with E-state index in [0.717, 1.165) is 13.8 Å². The summed E-state index contributed by atoms with van der Waals surface area (Å²) in [5, 5.41) is 68.4. The summed E-state index contributed by atoms with van der Waals surface area (Å²) in [4.78, 5) is 152. The van der Waals surface area contributed by atoms with Crippen LogP contribution >= 0.6 is 0 Å². The molecule has 0 radical (unpaired) electrons. The molecule has 0 aliphatic rings. The Morgan fingerprint density at radius 1 is 0.564 bits per heavy atom. The minimum Gasteiger partial charge on any atom is -0.508 e. The van der Waals surface area contributed by atoms with E-state index >= 15 is 0 Å². The van der Waals surface area contributed by atoms with Crippen LogP contribution in [0.3, 0.4) is 0 Å². The molecule has 0 spiro atoms. The standard InChI is InChI=1S/C49H69N13O16/c1-23(2)15-32(57-45(73)33(16-26-5-9-29(65)10-6-26)58-47(75)35(18-28-20-53-22-54-28)56-42(70)31(50)13-14-38(51)67)44(72)61-37(21-63)48(76)59-34(17-27-7-11-30(66)12-8-27)46(74)60-36(19-39(52)68)43(71)55-24(3)41(69)62-40(25(4)64)49(77)78/h5-12,20,22-25,31-37,40,63-66H,13-19,21,50H2,1-4H3,(H2,51,67)(H2,52,68)(H,53,54)(H,55,71)(H,56,70)(H,57,73)(H,58,75)(H,59,76)(H,60,74)(H,61,72)(H,62,69)(H,77,78)/t24-,25+,31-,32-,33-,34-,35-,36-,37-,40-/m0/s1. The molecular weight excluding hydrogens is 1030 g/mol. The Morgan fingerprint density at radius 3 is 1.44 bits per heavy atom. The number of aliphatic carboxylic acids is 1. The van der Waals surface area contributed by atoms with Crippen LogP contribution in [-0.2, 0) is 72.0 Å². The summed E-state index contributed by atoms with van der Waals surface area (Å²) in [6.07, 6.45) is -0.936. The number of nitrogens with one attached hydrogen (secondary N) is 9. The van der Waals surface area contributed by atoms with E-state index in [4.69, 9.17) is 17.2 Å². The smallest absolute Gasteiger partial charge is 0.328 e. The van der Waals surface area contributed by atoms with Crippen molar-refractivity contribution in [2.24, 2.45) is 23.1 Å². The molecule has 0 aliphatic carbocycles. The molecule has 0 saturated carbocycles. The van der Waals surface area contributed by atoms with Crippen molar-refractivity contribution in [1.29, 1.82) is 0 Å². The third-order valence-corrected chi connectivity index (χ3v) is 11.7. The number of phenolic OH excluding ortho intramolecular Hbond substituents is 2. The Labute approximate surface area is 447 Å². The van der Waals surface area contributed by atoms with Gasteiger partial charge in [-0.25, -0.2) is 9.78 Å². The van der Waals surface area contributed by atoms with Gasteiger partial charge in [0.05, 0.1) is 31.5 Å². The first-order chi connectivity index (χ1) is 36.7. The normalized spacial score (nSPS) is 14.9. The number of aromatic amines is 1. The van der Waals surface area contributed by atoms with Crippen molar-refractivity contribution in [3.05, 3.63) is 77.9 Å². The maximum Gasteiger partial charge on any atom is 0.328 e. The summed E-state index contributed by atoms with van der Waals surface area (Å²) < 4.78 is 0. The van der Waals surface area contributed by atoms with Gasteiger partial charge in [0.15, 0.2) is 6.04 Å². The molecule has 1 aromatic heterocycles. The molecule has 29 heteroatoms. The number of rotatable bonds is 32. The van der Waals surface area contributed by atoms with Crippen LogP contribution in [0.4, 0.5) is 0 Å². The molecule has 0 fully saturated rings. The number of carboxylic acids is 1. The lowest BCUT2D eigenvalue weighted by atomic mass is 10.00. The Morgan fingerprint density at radius 2 is 1.00 bits per heavy atom. The number of carbonyl (C=O) groups is 11. The zero-order valence-corrected chi connectivity index (χ0v) is 43.2. The van der Waals surface area contributed by atoms with E-state index in [0.29, 0.717) is 16.8 Å². The van der Waals surface area contributed by atoms with Crippen molar-refractivity contribution in [2.45, 2.75) is 133 Å². The highest BCUT2D eigenvalue weighted by atomic mass is 16.4. The quantitative estimate of drug-likeness (QED) is 0.0278. The minimum absolute atomic E-state index is 0.0882. The first-order valence-corrected chi connectivity index (χ1v) is 24.5. The molecule has 0 bridgehead atoms. The van der Waals surface area contributed by atoms with Crippen molar-refractivity contribution in [3.63, 3.8) is 0 Å². The van der Waals surface area contributed by atoms with Crippen LogP contribution in [0, 0.1) is 5.92 Å². The number of aliphatic hydroxyl groups excluding tert-OH is 2. The topological polar surface area (TPSA) is 492 Å². The van der Waals surface area contributed by atoms with Gasteiger partial charge < -0.3 is 90.3 Å². The summed E-state index contributed by atoms with van der Waals surface area (Å²) in [5.74, 6) is -12.2. The van der Waals surface area contributed by atoms with Gasteiger partial charge in [-0.3, -0.25) is 47.9 Å². The summed E-state index contributed by atoms with van der Waals surface area (Å²) in [6, 6.07) is -3.33. The van der Waals surface area contributed by atoms with Crippen LogP contribution in [0.15, 0.2) is 61.1 Å². The number of phenols is 2. The summed E-state index contributed by atoms with van der Waals surface area (Å²) in [6.45, 7) is 4.56. The van der Waals surface area contributed by atoms with E-state index in [1.165, 1.54) is 61.1 Å². The highest BCUT2D eigenvalue weighted by Gasteiger charge is 2.36. The number of imidazole rings is 1. The van der Waals surface area contributed by atoms with Gasteiger partial charge >= 0.3 is 5.97 Å². The van der Waals surface area contributed by atoms with Gasteiger partial charge in [-0.15, -0.1) is 0 Å². The number of aromatic nitrogens is 2. The molecule has 20 N–H and O–H groups in total. The maximum atomic E-state index is 14.3. The predicted octanol–water partition coefficient (Wildman–Crippen LogP) is -5.28. The van der Waals surface area contributed by atoms with Gasteiger partial charge in [0.1, 0.15) is 53.8 Å². The van der Waals surface area contributed by atoms with Crippen LogP contribution in [0.25, 0.3) is 0 Å². The fourth-order valence-corrected chi connectivity index (χ4v) is 7.40. The van der Waals surface area contributed by atoms with E-state index in [2.05, 4.69) is 47.2 Å². The van der Waals surface area contributed by atoms with Crippen molar-refractivity contribution in [1.82, 2.24) is 52.5 Å². The first kappa shape index (κ1) is 63.6. The molecule has 2 aromatic carbocycles. The van der Waals surface area contributed by atoms with Crippen molar-refractivity contribution in [3.8, 4) is 11.5 Å². The SMILES string of the molecule is CC(C)C[C@H](NC(=O)[C@H](Cc1ccc(O)cc1)NC(=O)[C@H](Cc1cnc[nH]1)NC(=O)[C@@H](N)CCC(N)=O)C(=O)N[C@@H](CO)C(=O)N[C@@H](Cc1ccc(O)cc1)C(=O)N[C@@H](CC(N)=O)C(=O)N[C@@H](C)C(=O)N[C@H](C(=O)O)[C@@H](C)O. The predicted molar refractivity (Wildman–Crippen MR) is 273 cm³/mol. The average molecular weight is 1100 g/mol. The van der Waals surface area contributed by atoms with Gasteiger partial charge in [0.2, 0.25) is 59.1 Å². The highest BCUT2D eigenvalue weighted by molar-refractivity contribution is 5.99. The fraction of sp³-hybridized carbons (Fsp3) is 0.469. The summed E-state index contributed by atoms with van der Waals surface area (Å²) in [5.41, 5.74) is 17.7. The Balaban J connectivity index is 1.91. The summed E-state index contributed by atoms with van der Waals surface area (Å²) >= 11 is 0. The third kappa shape index (κ3) is 21.5. The van der Waals surface area contributed by atoms with Gasteiger partial charge in [-0.2, -0.15) is 0 Å². The largest absolute Gasteiger partial charge is 0.508 e. The average Bonchev–Trinajstić information content (AvgIpc) is 3.89. The molecule has 10 atom stereocenters. The molecule has 0 aliphatic heterocycles. The van der Waals surface area contributed by atoms with E-state index < -0.39 is 139 Å². The van der Waals surface area contributed by atoms with E-state index in [9.17, 15) is 78.3 Å². The van der Waals surface area contributed by atoms with Gasteiger partial charge in [0, 0.05) is 37.6 Å². The number of primary amides is 2. The van der Waals surface area contributed by atoms with Gasteiger partial charge in [-0.05, 0) is 68.0 Å². The molecule has 426 valence electrons. The number of carbonyl (C=O) groups excluding carboxylic acids is 10. The third-order valence-electron chi connectivity index (χ3n) is 11.7. The van der Waals surface area contributed by atoms with Crippen molar-refractivity contribution < 1.29 is 78.3 Å². The first-order valence-electron chi connectivity index (χ1n) is 24.5. The van der Waals surface area contributed by atoms with E-state index in [1.54, 1.807) is 13.8 Å². The molecule has 0 unspecified atom stereocenters. The molecule has 3 rings (SSSR count). The zero-order valence-electron chi connectivity index (χ0n) is 43.2. The lowest BCUT2D eigenvalue weighted by molar-refractivity contribution is -0.145. The van der Waals surface area contributed by atoms with Crippen LogP contribution < -0.4 is 59.7 Å². The van der Waals surface area contributed by atoms with Crippen molar-refractivity contribution >= 4 is 65.0 Å². The lowest BCUT2D eigenvalue weighted by Gasteiger charge is -2.28. The second-order valence-corrected chi connectivity index (χ2v) is 18.8. The van der Waals surface area contributed by atoms with Crippen LogP contribution in [-0.4, -0.2) is 168 Å². The molecule has 78 heavy (non-hydrogen) atoms. The number of H-pyrrole nitrogens is 1. The molecule has 0 saturated heterocycles. The summed E-state index contributed by atoms with van der Waals surface area (Å²) in [7, 11) is 0. The number of amides is 10. The van der Waals surface area contributed by atoms with Gasteiger partial charge in [-0.1, -0.05) is 38.1 Å². The second kappa shape index (κ2) is 30.8. The number of aromatic hydroxyl groups is 2. The number of benzene rings is 2. The Hall–Kier alpha value is -8.70. The minimum atomic E-state index is -1.84.